The highest BCUT2D eigenvalue weighted by Crippen LogP contribution is 2.22. The van der Waals surface area contributed by atoms with Crippen LogP contribution in [0.25, 0.3) is 0 Å². The average Bonchev–Trinajstić information content (AvgIpc) is 2.42. The lowest BCUT2D eigenvalue weighted by Gasteiger charge is -2.23. The molecular formula is C15H24FN3O. The van der Waals surface area contributed by atoms with E-state index < -0.39 is 0 Å². The zero-order valence-corrected chi connectivity index (χ0v) is 12.4. The second-order valence-electron chi connectivity index (χ2n) is 5.70. The van der Waals surface area contributed by atoms with Crippen LogP contribution in [0.15, 0.2) is 29.4 Å². The molecule has 1 aromatic carbocycles. The SMILES string of the molecule is CC(NCCCC(C)(C)C(N)=NO)c1cccc(F)c1. The van der Waals surface area contributed by atoms with E-state index in [9.17, 15) is 4.39 Å². The van der Waals surface area contributed by atoms with Gasteiger partial charge in [0.2, 0.25) is 0 Å². The summed E-state index contributed by atoms with van der Waals surface area (Å²) in [5.41, 5.74) is 6.25. The molecule has 1 unspecified atom stereocenters. The minimum absolute atomic E-state index is 0.0951. The number of nitrogens with one attached hydrogen (secondary N) is 1. The number of amidine groups is 1. The van der Waals surface area contributed by atoms with Crippen LogP contribution in [0.1, 0.15) is 45.2 Å². The first-order chi connectivity index (χ1) is 9.36. The zero-order chi connectivity index (χ0) is 15.2. The Morgan fingerprint density at radius 2 is 2.20 bits per heavy atom. The minimum atomic E-state index is -0.321. The molecule has 5 heteroatoms. The number of nitrogens with zero attached hydrogens (tertiary/aromatic N) is 1. The third-order valence-corrected chi connectivity index (χ3v) is 3.58. The Kier molecular flexibility index (Phi) is 5.95. The fourth-order valence-corrected chi connectivity index (χ4v) is 2.01. The molecule has 0 heterocycles. The van der Waals surface area contributed by atoms with E-state index in [1.165, 1.54) is 12.1 Å². The van der Waals surface area contributed by atoms with Gasteiger partial charge in [0.25, 0.3) is 0 Å². The molecule has 1 aromatic rings. The first kappa shape index (κ1) is 16.4. The van der Waals surface area contributed by atoms with Gasteiger partial charge in [-0.2, -0.15) is 0 Å². The lowest BCUT2D eigenvalue weighted by molar-refractivity contribution is 0.304. The van der Waals surface area contributed by atoms with Crippen molar-refractivity contribution in [3.63, 3.8) is 0 Å². The molecule has 0 aliphatic carbocycles. The predicted molar refractivity (Wildman–Crippen MR) is 79.2 cm³/mol. The molecule has 0 saturated carbocycles. The van der Waals surface area contributed by atoms with E-state index in [1.807, 2.05) is 26.8 Å². The van der Waals surface area contributed by atoms with Gasteiger partial charge in [-0.1, -0.05) is 31.1 Å². The van der Waals surface area contributed by atoms with Crippen molar-refractivity contribution >= 4 is 5.84 Å². The number of hydrogen-bond acceptors (Lipinski definition) is 3. The number of nitrogens with two attached hydrogens (primary N) is 1. The second-order valence-corrected chi connectivity index (χ2v) is 5.70. The molecule has 0 bridgehead atoms. The maximum Gasteiger partial charge on any atom is 0.144 e. The monoisotopic (exact) mass is 281 g/mol. The Labute approximate surface area is 119 Å². The zero-order valence-electron chi connectivity index (χ0n) is 12.4. The number of benzene rings is 1. The lowest BCUT2D eigenvalue weighted by Crippen LogP contribution is -2.32. The minimum Gasteiger partial charge on any atom is -0.409 e. The highest BCUT2D eigenvalue weighted by Gasteiger charge is 2.22. The molecule has 1 rings (SSSR count). The van der Waals surface area contributed by atoms with Gasteiger partial charge in [0, 0.05) is 11.5 Å². The number of hydrogen-bond donors (Lipinski definition) is 3. The molecule has 0 aromatic heterocycles. The normalized spacial score (nSPS) is 14.3. The smallest absolute Gasteiger partial charge is 0.144 e. The van der Waals surface area contributed by atoms with E-state index in [1.54, 1.807) is 6.07 Å². The van der Waals surface area contributed by atoms with Crippen LogP contribution in [-0.2, 0) is 0 Å². The molecule has 4 N–H and O–H groups in total. The van der Waals surface area contributed by atoms with Gasteiger partial charge in [0.1, 0.15) is 11.7 Å². The van der Waals surface area contributed by atoms with Crippen molar-refractivity contribution in [3.05, 3.63) is 35.6 Å². The average molecular weight is 281 g/mol. The maximum atomic E-state index is 13.1. The van der Waals surface area contributed by atoms with Crippen LogP contribution in [-0.4, -0.2) is 17.6 Å². The third-order valence-electron chi connectivity index (χ3n) is 3.58. The number of halogens is 1. The van der Waals surface area contributed by atoms with Crippen LogP contribution >= 0.6 is 0 Å². The molecule has 0 radical (unpaired) electrons. The molecule has 20 heavy (non-hydrogen) atoms. The Balaban J connectivity index is 2.38. The van der Waals surface area contributed by atoms with Gasteiger partial charge in [-0.15, -0.1) is 0 Å². The van der Waals surface area contributed by atoms with E-state index in [4.69, 9.17) is 10.9 Å². The van der Waals surface area contributed by atoms with Gasteiger partial charge < -0.3 is 16.3 Å². The van der Waals surface area contributed by atoms with Crippen LogP contribution in [0.3, 0.4) is 0 Å². The van der Waals surface area contributed by atoms with Crippen LogP contribution in [0.2, 0.25) is 0 Å². The van der Waals surface area contributed by atoms with E-state index in [0.717, 1.165) is 24.9 Å². The lowest BCUT2D eigenvalue weighted by atomic mass is 9.86. The van der Waals surface area contributed by atoms with E-state index in [0.29, 0.717) is 0 Å². The van der Waals surface area contributed by atoms with E-state index in [2.05, 4.69) is 10.5 Å². The maximum absolute atomic E-state index is 13.1. The first-order valence-electron chi connectivity index (χ1n) is 6.83. The second kappa shape index (κ2) is 7.24. The van der Waals surface area contributed by atoms with Gasteiger partial charge in [-0.3, -0.25) is 0 Å². The summed E-state index contributed by atoms with van der Waals surface area (Å²) in [7, 11) is 0. The molecule has 0 amide bonds. The van der Waals surface area contributed by atoms with Crippen molar-refractivity contribution in [1.29, 1.82) is 0 Å². The Morgan fingerprint density at radius 3 is 2.80 bits per heavy atom. The molecule has 0 aliphatic rings. The molecule has 0 saturated heterocycles. The summed E-state index contributed by atoms with van der Waals surface area (Å²) in [4.78, 5) is 0. The summed E-state index contributed by atoms with van der Waals surface area (Å²) >= 11 is 0. The van der Waals surface area contributed by atoms with Gasteiger partial charge in [-0.25, -0.2) is 4.39 Å². The van der Waals surface area contributed by atoms with Crippen molar-refractivity contribution in [2.24, 2.45) is 16.3 Å². The van der Waals surface area contributed by atoms with Crippen molar-refractivity contribution in [2.45, 2.75) is 39.7 Å². The topological polar surface area (TPSA) is 70.6 Å². The summed E-state index contributed by atoms with van der Waals surface area (Å²) in [5, 5.41) is 15.1. The molecule has 112 valence electrons. The summed E-state index contributed by atoms with van der Waals surface area (Å²) in [6.45, 7) is 6.68. The largest absolute Gasteiger partial charge is 0.409 e. The Hall–Kier alpha value is -1.62. The van der Waals surface area contributed by atoms with Crippen LogP contribution in [0.5, 0.6) is 0 Å². The molecular weight excluding hydrogens is 257 g/mol. The molecule has 0 aliphatic heterocycles. The summed E-state index contributed by atoms with van der Waals surface area (Å²) < 4.78 is 13.1. The Morgan fingerprint density at radius 1 is 1.50 bits per heavy atom. The fourth-order valence-electron chi connectivity index (χ4n) is 2.01. The van der Waals surface area contributed by atoms with E-state index >= 15 is 0 Å². The van der Waals surface area contributed by atoms with Gasteiger partial charge in [0.15, 0.2) is 0 Å². The van der Waals surface area contributed by atoms with Gasteiger partial charge in [-0.05, 0) is 44.0 Å². The first-order valence-corrected chi connectivity index (χ1v) is 6.83. The summed E-state index contributed by atoms with van der Waals surface area (Å²) in [6, 6.07) is 6.69. The summed E-state index contributed by atoms with van der Waals surface area (Å²) in [5.74, 6) is 0.0277. The molecule has 4 nitrogen and oxygen atoms in total. The van der Waals surface area contributed by atoms with E-state index in [-0.39, 0.29) is 23.1 Å². The number of oxime groups is 1. The van der Waals surface area contributed by atoms with Crippen LogP contribution < -0.4 is 11.1 Å². The third kappa shape index (κ3) is 4.81. The fraction of sp³-hybridized carbons (Fsp3) is 0.533. The van der Waals surface area contributed by atoms with Crippen molar-refractivity contribution in [2.75, 3.05) is 6.54 Å². The number of rotatable bonds is 7. The van der Waals surface area contributed by atoms with Crippen molar-refractivity contribution in [3.8, 4) is 0 Å². The van der Waals surface area contributed by atoms with Crippen molar-refractivity contribution in [1.82, 2.24) is 5.32 Å². The molecule has 0 fully saturated rings. The van der Waals surface area contributed by atoms with Crippen LogP contribution in [0.4, 0.5) is 4.39 Å². The highest BCUT2D eigenvalue weighted by molar-refractivity contribution is 5.85. The molecule has 0 spiro atoms. The van der Waals surface area contributed by atoms with Gasteiger partial charge >= 0.3 is 0 Å². The quantitative estimate of drug-likeness (QED) is 0.236. The standard InChI is InChI=1S/C15H24FN3O/c1-11(12-6-4-7-13(16)10-12)18-9-5-8-15(2,3)14(17)19-20/h4,6-7,10-11,18,20H,5,8-9H2,1-3H3,(H2,17,19). The molecule has 1 atom stereocenters. The van der Waals surface area contributed by atoms with Crippen molar-refractivity contribution < 1.29 is 9.60 Å². The van der Waals surface area contributed by atoms with Crippen LogP contribution in [0, 0.1) is 11.2 Å². The summed E-state index contributed by atoms with van der Waals surface area (Å²) in [6.07, 6.45) is 1.70. The Bertz CT molecular complexity index is 460. The van der Waals surface area contributed by atoms with Gasteiger partial charge in [0.05, 0.1) is 0 Å². The predicted octanol–water partition coefficient (Wildman–Crippen LogP) is 3.03. The highest BCUT2D eigenvalue weighted by atomic mass is 19.1.